The van der Waals surface area contributed by atoms with E-state index in [1.165, 1.54) is 0 Å². The fourth-order valence-electron chi connectivity index (χ4n) is 2.08. The first-order valence-electron chi connectivity index (χ1n) is 5.96. The molecule has 2 rings (SSSR count). The maximum Gasteiger partial charge on any atom is 0.119 e. The SMILES string of the molecule is CCc1occc1C(NN)c1cccc(OC)c1. The molecule has 0 saturated carbocycles. The van der Waals surface area contributed by atoms with Crippen LogP contribution < -0.4 is 16.0 Å². The summed E-state index contributed by atoms with van der Waals surface area (Å²) >= 11 is 0. The lowest BCUT2D eigenvalue weighted by Crippen LogP contribution is -2.29. The molecule has 1 aromatic heterocycles. The van der Waals surface area contributed by atoms with E-state index in [4.69, 9.17) is 15.0 Å². The van der Waals surface area contributed by atoms with Crippen molar-refractivity contribution in [1.82, 2.24) is 5.43 Å². The topological polar surface area (TPSA) is 60.4 Å². The lowest BCUT2D eigenvalue weighted by atomic mass is 9.99. The highest BCUT2D eigenvalue weighted by atomic mass is 16.5. The van der Waals surface area contributed by atoms with Crippen molar-refractivity contribution in [3.8, 4) is 5.75 Å². The number of benzene rings is 1. The predicted molar refractivity (Wildman–Crippen MR) is 70.2 cm³/mol. The minimum atomic E-state index is -0.0891. The highest BCUT2D eigenvalue weighted by Gasteiger charge is 2.18. The largest absolute Gasteiger partial charge is 0.497 e. The van der Waals surface area contributed by atoms with Gasteiger partial charge in [-0.2, -0.15) is 0 Å². The molecule has 1 aromatic carbocycles. The van der Waals surface area contributed by atoms with Gasteiger partial charge in [-0.1, -0.05) is 19.1 Å². The molecular weight excluding hydrogens is 228 g/mol. The molecule has 1 atom stereocenters. The molecule has 0 aliphatic carbocycles. The van der Waals surface area contributed by atoms with E-state index in [1.54, 1.807) is 13.4 Å². The molecule has 4 heteroatoms. The number of hydrogen-bond donors (Lipinski definition) is 2. The third kappa shape index (κ3) is 2.39. The number of nitrogens with one attached hydrogen (secondary N) is 1. The minimum Gasteiger partial charge on any atom is -0.497 e. The van der Waals surface area contributed by atoms with Gasteiger partial charge < -0.3 is 9.15 Å². The van der Waals surface area contributed by atoms with Crippen molar-refractivity contribution >= 4 is 0 Å². The van der Waals surface area contributed by atoms with Crippen LogP contribution in [0.2, 0.25) is 0 Å². The highest BCUT2D eigenvalue weighted by molar-refractivity contribution is 5.37. The van der Waals surface area contributed by atoms with Crippen LogP contribution in [-0.4, -0.2) is 7.11 Å². The summed E-state index contributed by atoms with van der Waals surface area (Å²) in [5.74, 6) is 7.44. The summed E-state index contributed by atoms with van der Waals surface area (Å²) in [5, 5.41) is 0. The number of ether oxygens (including phenoxy) is 1. The lowest BCUT2D eigenvalue weighted by Gasteiger charge is -2.17. The molecule has 1 heterocycles. The highest BCUT2D eigenvalue weighted by Crippen LogP contribution is 2.27. The third-order valence-electron chi connectivity index (χ3n) is 3.01. The Balaban J connectivity index is 2.38. The van der Waals surface area contributed by atoms with Gasteiger partial charge in [0.15, 0.2) is 0 Å². The molecule has 4 nitrogen and oxygen atoms in total. The zero-order valence-electron chi connectivity index (χ0n) is 10.6. The van der Waals surface area contributed by atoms with Crippen molar-refractivity contribution < 1.29 is 9.15 Å². The van der Waals surface area contributed by atoms with Crippen molar-refractivity contribution in [2.24, 2.45) is 5.84 Å². The van der Waals surface area contributed by atoms with Gasteiger partial charge in [0.2, 0.25) is 0 Å². The summed E-state index contributed by atoms with van der Waals surface area (Å²) in [5.41, 5.74) is 4.94. The van der Waals surface area contributed by atoms with Gasteiger partial charge in [0.25, 0.3) is 0 Å². The Labute approximate surface area is 107 Å². The number of rotatable bonds is 5. The molecule has 0 aliphatic heterocycles. The molecule has 0 bridgehead atoms. The Morgan fingerprint density at radius 2 is 2.22 bits per heavy atom. The van der Waals surface area contributed by atoms with E-state index in [2.05, 4.69) is 12.3 Å². The zero-order chi connectivity index (χ0) is 13.0. The predicted octanol–water partition coefficient (Wildman–Crippen LogP) is 2.40. The van der Waals surface area contributed by atoms with Crippen molar-refractivity contribution in [1.29, 1.82) is 0 Å². The fourth-order valence-corrected chi connectivity index (χ4v) is 2.08. The summed E-state index contributed by atoms with van der Waals surface area (Å²) < 4.78 is 10.7. The molecule has 0 aliphatic rings. The van der Waals surface area contributed by atoms with Crippen molar-refractivity contribution in [2.45, 2.75) is 19.4 Å². The number of hydrogen-bond acceptors (Lipinski definition) is 4. The van der Waals surface area contributed by atoms with Gasteiger partial charge in [-0.25, -0.2) is 5.43 Å². The number of nitrogens with two attached hydrogens (primary N) is 1. The average molecular weight is 246 g/mol. The smallest absolute Gasteiger partial charge is 0.119 e. The molecule has 0 fully saturated rings. The Hall–Kier alpha value is -1.78. The van der Waals surface area contributed by atoms with E-state index in [0.29, 0.717) is 0 Å². The number of methoxy groups -OCH3 is 1. The van der Waals surface area contributed by atoms with Crippen LogP contribution >= 0.6 is 0 Å². The van der Waals surface area contributed by atoms with Crippen molar-refractivity contribution in [3.05, 3.63) is 53.5 Å². The monoisotopic (exact) mass is 246 g/mol. The molecule has 0 saturated heterocycles. The first kappa shape index (κ1) is 12.7. The van der Waals surface area contributed by atoms with Gasteiger partial charge in [0, 0.05) is 12.0 Å². The van der Waals surface area contributed by atoms with E-state index >= 15 is 0 Å². The summed E-state index contributed by atoms with van der Waals surface area (Å²) in [6.07, 6.45) is 2.53. The molecule has 1 unspecified atom stereocenters. The normalized spacial score (nSPS) is 12.4. The maximum atomic E-state index is 5.68. The Morgan fingerprint density at radius 1 is 1.39 bits per heavy atom. The van der Waals surface area contributed by atoms with E-state index in [-0.39, 0.29) is 6.04 Å². The van der Waals surface area contributed by atoms with Crippen LogP contribution in [0.25, 0.3) is 0 Å². The number of hydrazine groups is 1. The molecule has 2 aromatic rings. The Bertz CT molecular complexity index is 508. The van der Waals surface area contributed by atoms with Crippen molar-refractivity contribution in [3.63, 3.8) is 0 Å². The summed E-state index contributed by atoms with van der Waals surface area (Å²) in [7, 11) is 1.65. The van der Waals surface area contributed by atoms with Gasteiger partial charge in [-0.15, -0.1) is 0 Å². The molecule has 18 heavy (non-hydrogen) atoms. The molecule has 0 radical (unpaired) electrons. The lowest BCUT2D eigenvalue weighted by molar-refractivity contribution is 0.413. The molecule has 96 valence electrons. The van der Waals surface area contributed by atoms with Gasteiger partial charge in [-0.05, 0) is 23.8 Å². The van der Waals surface area contributed by atoms with Crippen LogP contribution in [0.15, 0.2) is 41.0 Å². The van der Waals surface area contributed by atoms with E-state index in [1.807, 2.05) is 30.3 Å². The van der Waals surface area contributed by atoms with Crippen LogP contribution in [-0.2, 0) is 6.42 Å². The Kier molecular flexibility index (Phi) is 4.02. The zero-order valence-corrected chi connectivity index (χ0v) is 10.6. The van der Waals surface area contributed by atoms with Crippen LogP contribution in [0.3, 0.4) is 0 Å². The quantitative estimate of drug-likeness (QED) is 0.628. The van der Waals surface area contributed by atoms with Crippen LogP contribution in [0.4, 0.5) is 0 Å². The van der Waals surface area contributed by atoms with E-state index in [0.717, 1.165) is 29.1 Å². The van der Waals surface area contributed by atoms with Gasteiger partial charge in [0.05, 0.1) is 19.4 Å². The van der Waals surface area contributed by atoms with Crippen LogP contribution in [0.1, 0.15) is 29.9 Å². The van der Waals surface area contributed by atoms with Gasteiger partial charge >= 0.3 is 0 Å². The average Bonchev–Trinajstić information content (AvgIpc) is 2.88. The first-order valence-corrected chi connectivity index (χ1v) is 5.96. The molecule has 0 amide bonds. The third-order valence-corrected chi connectivity index (χ3v) is 3.01. The Morgan fingerprint density at radius 3 is 2.89 bits per heavy atom. The van der Waals surface area contributed by atoms with Gasteiger partial charge in [0.1, 0.15) is 11.5 Å². The standard InChI is InChI=1S/C14H18N2O2/c1-3-13-12(7-8-18-13)14(16-15)10-5-4-6-11(9-10)17-2/h4-9,14,16H,3,15H2,1-2H3. The minimum absolute atomic E-state index is 0.0891. The molecule has 0 spiro atoms. The number of aryl methyl sites for hydroxylation is 1. The molecular formula is C14H18N2O2. The van der Waals surface area contributed by atoms with E-state index < -0.39 is 0 Å². The fraction of sp³-hybridized carbons (Fsp3) is 0.286. The maximum absolute atomic E-state index is 5.68. The second-order valence-electron chi connectivity index (χ2n) is 4.03. The number of furan rings is 1. The van der Waals surface area contributed by atoms with Crippen molar-refractivity contribution in [2.75, 3.05) is 7.11 Å². The first-order chi connectivity index (χ1) is 8.80. The van der Waals surface area contributed by atoms with E-state index in [9.17, 15) is 0 Å². The van der Waals surface area contributed by atoms with Crippen LogP contribution in [0, 0.1) is 0 Å². The second-order valence-corrected chi connectivity index (χ2v) is 4.03. The second kappa shape index (κ2) is 5.71. The van der Waals surface area contributed by atoms with Gasteiger partial charge in [-0.3, -0.25) is 5.84 Å². The van der Waals surface area contributed by atoms with Crippen LogP contribution in [0.5, 0.6) is 5.75 Å². The summed E-state index contributed by atoms with van der Waals surface area (Å²) in [6.45, 7) is 2.06. The molecule has 3 N–H and O–H groups in total. The summed E-state index contributed by atoms with van der Waals surface area (Å²) in [4.78, 5) is 0. The summed E-state index contributed by atoms with van der Waals surface area (Å²) in [6, 6.07) is 9.70.